The van der Waals surface area contributed by atoms with Crippen LogP contribution in [-0.2, 0) is 17.8 Å². The van der Waals surface area contributed by atoms with E-state index in [1.807, 2.05) is 36.1 Å². The summed E-state index contributed by atoms with van der Waals surface area (Å²) in [5.74, 6) is 1.08. The van der Waals surface area contributed by atoms with E-state index in [4.69, 9.17) is 4.74 Å². The fourth-order valence-corrected chi connectivity index (χ4v) is 3.56. The molecule has 4 heteroatoms. The van der Waals surface area contributed by atoms with E-state index < -0.39 is 0 Å². The summed E-state index contributed by atoms with van der Waals surface area (Å²) < 4.78 is 5.47. The van der Waals surface area contributed by atoms with Crippen molar-refractivity contribution in [2.45, 2.75) is 33.2 Å². The van der Waals surface area contributed by atoms with Crippen LogP contribution in [0, 0.1) is 6.92 Å². The Kier molecular flexibility index (Phi) is 6.88. The fourth-order valence-electron chi connectivity index (χ4n) is 3.56. The molecule has 0 N–H and O–H groups in total. The van der Waals surface area contributed by atoms with Gasteiger partial charge < -0.3 is 9.64 Å². The second-order valence-corrected chi connectivity index (χ2v) is 7.19. The van der Waals surface area contributed by atoms with Crippen molar-refractivity contribution in [2.75, 3.05) is 32.8 Å². The molecule has 1 aliphatic rings. The molecular weight excluding hydrogens is 336 g/mol. The summed E-state index contributed by atoms with van der Waals surface area (Å²) in [6.45, 7) is 9.39. The number of carbonyl (C=O) groups excluding carboxylic acids is 1. The fraction of sp³-hybridized carbons (Fsp3) is 0.435. The van der Waals surface area contributed by atoms with Crippen molar-refractivity contribution in [1.29, 1.82) is 0 Å². The Hall–Kier alpha value is -2.33. The van der Waals surface area contributed by atoms with Gasteiger partial charge in [0.25, 0.3) is 0 Å². The van der Waals surface area contributed by atoms with Gasteiger partial charge in [0.15, 0.2) is 0 Å². The molecular formula is C23H30N2O2. The molecule has 0 bridgehead atoms. The summed E-state index contributed by atoms with van der Waals surface area (Å²) in [4.78, 5) is 17.2. The third kappa shape index (κ3) is 5.57. The summed E-state index contributed by atoms with van der Waals surface area (Å²) in [5, 5.41) is 0. The highest BCUT2D eigenvalue weighted by molar-refractivity contribution is 5.78. The third-order valence-electron chi connectivity index (χ3n) is 5.19. The Morgan fingerprint density at radius 1 is 1.00 bits per heavy atom. The zero-order chi connectivity index (χ0) is 19.1. The van der Waals surface area contributed by atoms with Gasteiger partial charge in [-0.15, -0.1) is 0 Å². The van der Waals surface area contributed by atoms with Crippen LogP contribution in [0.2, 0.25) is 0 Å². The number of hydrogen-bond donors (Lipinski definition) is 0. The molecule has 0 aromatic heterocycles. The average Bonchev–Trinajstić information content (AvgIpc) is 2.91. The quantitative estimate of drug-likeness (QED) is 0.782. The van der Waals surface area contributed by atoms with E-state index in [1.165, 1.54) is 11.1 Å². The molecule has 27 heavy (non-hydrogen) atoms. The van der Waals surface area contributed by atoms with Gasteiger partial charge in [0.1, 0.15) is 5.75 Å². The first-order valence-electron chi connectivity index (χ1n) is 9.92. The monoisotopic (exact) mass is 366 g/mol. The molecule has 144 valence electrons. The van der Waals surface area contributed by atoms with Crippen LogP contribution in [-0.4, -0.2) is 48.5 Å². The highest BCUT2D eigenvalue weighted by Crippen LogP contribution is 2.15. The van der Waals surface area contributed by atoms with Crippen LogP contribution < -0.4 is 4.74 Å². The molecule has 0 aliphatic carbocycles. The van der Waals surface area contributed by atoms with Crippen LogP contribution in [0.25, 0.3) is 0 Å². The Morgan fingerprint density at radius 2 is 1.78 bits per heavy atom. The van der Waals surface area contributed by atoms with Gasteiger partial charge in [0.2, 0.25) is 5.91 Å². The van der Waals surface area contributed by atoms with E-state index in [-0.39, 0.29) is 5.91 Å². The minimum absolute atomic E-state index is 0.219. The molecule has 0 radical (unpaired) electrons. The number of nitrogens with zero attached hydrogens (tertiary/aromatic N) is 2. The Balaban J connectivity index is 1.52. The smallest absolute Gasteiger partial charge is 0.227 e. The van der Waals surface area contributed by atoms with E-state index in [0.717, 1.165) is 50.5 Å². The Morgan fingerprint density at radius 3 is 2.52 bits per heavy atom. The molecule has 1 fully saturated rings. The zero-order valence-corrected chi connectivity index (χ0v) is 16.5. The van der Waals surface area contributed by atoms with Gasteiger partial charge in [-0.1, -0.05) is 36.4 Å². The van der Waals surface area contributed by atoms with Gasteiger partial charge in [-0.3, -0.25) is 9.69 Å². The van der Waals surface area contributed by atoms with Gasteiger partial charge in [-0.2, -0.15) is 0 Å². The molecule has 2 aromatic carbocycles. The molecule has 0 saturated carbocycles. The summed E-state index contributed by atoms with van der Waals surface area (Å²) in [6, 6.07) is 16.4. The molecule has 1 saturated heterocycles. The van der Waals surface area contributed by atoms with Crippen molar-refractivity contribution in [2.24, 2.45) is 0 Å². The van der Waals surface area contributed by atoms with Gasteiger partial charge in [0, 0.05) is 32.7 Å². The second kappa shape index (κ2) is 9.56. The normalized spacial score (nSPS) is 15.4. The number of amides is 1. The maximum atomic E-state index is 12.7. The summed E-state index contributed by atoms with van der Waals surface area (Å²) in [6.07, 6.45) is 1.49. The first-order chi connectivity index (χ1) is 13.2. The molecule has 1 aliphatic heterocycles. The third-order valence-corrected chi connectivity index (χ3v) is 5.19. The summed E-state index contributed by atoms with van der Waals surface area (Å²) >= 11 is 0. The first kappa shape index (κ1) is 19.4. The van der Waals surface area contributed by atoms with E-state index in [0.29, 0.717) is 13.0 Å². The Bertz CT molecular complexity index is 742. The average molecular weight is 367 g/mol. The molecule has 0 unspecified atom stereocenters. The van der Waals surface area contributed by atoms with Crippen LogP contribution in [0.15, 0.2) is 48.5 Å². The Labute approximate surface area is 162 Å². The second-order valence-electron chi connectivity index (χ2n) is 7.19. The van der Waals surface area contributed by atoms with E-state index >= 15 is 0 Å². The van der Waals surface area contributed by atoms with Gasteiger partial charge in [-0.25, -0.2) is 0 Å². The topological polar surface area (TPSA) is 32.8 Å². The number of ether oxygens (including phenoxy) is 1. The van der Waals surface area contributed by atoms with Crippen LogP contribution in [0.4, 0.5) is 0 Å². The molecule has 0 spiro atoms. The van der Waals surface area contributed by atoms with Crippen molar-refractivity contribution in [3.05, 3.63) is 65.2 Å². The zero-order valence-electron chi connectivity index (χ0n) is 16.5. The van der Waals surface area contributed by atoms with Gasteiger partial charge in [0.05, 0.1) is 13.0 Å². The molecule has 1 heterocycles. The van der Waals surface area contributed by atoms with Gasteiger partial charge in [-0.05, 0) is 49.1 Å². The number of rotatable bonds is 6. The van der Waals surface area contributed by atoms with Crippen molar-refractivity contribution < 1.29 is 9.53 Å². The van der Waals surface area contributed by atoms with E-state index in [1.54, 1.807) is 0 Å². The van der Waals surface area contributed by atoms with Gasteiger partial charge >= 0.3 is 0 Å². The van der Waals surface area contributed by atoms with Crippen molar-refractivity contribution in [3.63, 3.8) is 0 Å². The number of hydrogen-bond acceptors (Lipinski definition) is 3. The largest absolute Gasteiger partial charge is 0.494 e. The van der Waals surface area contributed by atoms with Crippen molar-refractivity contribution in [1.82, 2.24) is 9.80 Å². The summed E-state index contributed by atoms with van der Waals surface area (Å²) in [7, 11) is 0. The SMILES string of the molecule is CCOc1ccc(CC(=O)N2CCCN(Cc3ccccc3C)CC2)cc1. The standard InChI is InChI=1S/C23H30N2O2/c1-3-27-22-11-9-20(10-12-22)17-23(26)25-14-6-13-24(15-16-25)18-21-8-5-4-7-19(21)2/h4-5,7-12H,3,6,13-18H2,1-2H3. The van der Waals surface area contributed by atoms with E-state index in [2.05, 4.69) is 36.1 Å². The highest BCUT2D eigenvalue weighted by Gasteiger charge is 2.19. The first-order valence-corrected chi connectivity index (χ1v) is 9.92. The van der Waals surface area contributed by atoms with Crippen LogP contribution in [0.1, 0.15) is 30.0 Å². The minimum Gasteiger partial charge on any atom is -0.494 e. The lowest BCUT2D eigenvalue weighted by Crippen LogP contribution is -2.36. The molecule has 4 nitrogen and oxygen atoms in total. The van der Waals surface area contributed by atoms with Crippen LogP contribution in [0.3, 0.4) is 0 Å². The minimum atomic E-state index is 0.219. The number of carbonyl (C=O) groups is 1. The number of benzene rings is 2. The van der Waals surface area contributed by atoms with Crippen molar-refractivity contribution in [3.8, 4) is 5.75 Å². The highest BCUT2D eigenvalue weighted by atomic mass is 16.5. The van der Waals surface area contributed by atoms with Crippen LogP contribution in [0.5, 0.6) is 5.75 Å². The lowest BCUT2D eigenvalue weighted by Gasteiger charge is -2.22. The predicted octanol–water partition coefficient (Wildman–Crippen LogP) is 3.67. The maximum Gasteiger partial charge on any atom is 0.227 e. The lowest BCUT2D eigenvalue weighted by molar-refractivity contribution is -0.130. The summed E-state index contributed by atoms with van der Waals surface area (Å²) in [5.41, 5.74) is 3.77. The van der Waals surface area contributed by atoms with Crippen LogP contribution >= 0.6 is 0 Å². The lowest BCUT2D eigenvalue weighted by atomic mass is 10.1. The predicted molar refractivity (Wildman–Crippen MR) is 109 cm³/mol. The van der Waals surface area contributed by atoms with E-state index in [9.17, 15) is 4.79 Å². The molecule has 2 aromatic rings. The maximum absolute atomic E-state index is 12.7. The molecule has 1 amide bonds. The number of aryl methyl sites for hydroxylation is 1. The van der Waals surface area contributed by atoms with Crippen molar-refractivity contribution >= 4 is 5.91 Å². The molecule has 3 rings (SSSR count). The molecule has 0 atom stereocenters.